The van der Waals surface area contributed by atoms with Crippen molar-refractivity contribution < 1.29 is 59.7 Å². The summed E-state index contributed by atoms with van der Waals surface area (Å²) in [7, 11) is 0. The average molecular weight is 670 g/mol. The summed E-state index contributed by atoms with van der Waals surface area (Å²) in [4.78, 5) is 65.8. The molecule has 3 aliphatic rings. The summed E-state index contributed by atoms with van der Waals surface area (Å²) < 4.78 is 0. The molecule has 1 aromatic carbocycles. The lowest BCUT2D eigenvalue weighted by atomic mass is 9.77. The number of nitrogens with one attached hydrogen (secondary N) is 1. The predicted molar refractivity (Wildman–Crippen MR) is 172 cm³/mol. The van der Waals surface area contributed by atoms with Gasteiger partial charge in [-0.2, -0.15) is 0 Å². The third-order valence-electron chi connectivity index (χ3n) is 9.45. The van der Waals surface area contributed by atoms with Crippen molar-refractivity contribution in [3.05, 3.63) is 69.5 Å². The molecular formula is C35H43NO12. The molecule has 0 radical (unpaired) electrons. The van der Waals surface area contributed by atoms with Crippen LogP contribution in [0, 0.1) is 36.5 Å². The first-order valence-electron chi connectivity index (χ1n) is 15.5. The van der Waals surface area contributed by atoms with Gasteiger partial charge >= 0.3 is 0 Å². The molecule has 4 bridgehead atoms. The second-order valence-corrected chi connectivity index (χ2v) is 12.7. The highest BCUT2D eigenvalue weighted by atomic mass is 16.3. The van der Waals surface area contributed by atoms with E-state index in [1.807, 2.05) is 0 Å². The van der Waals surface area contributed by atoms with Crippen LogP contribution in [0.15, 0.2) is 47.2 Å². The number of aliphatic hydroxyl groups is 5. The molecule has 1 aromatic rings. The molecule has 2 aliphatic heterocycles. The van der Waals surface area contributed by atoms with Gasteiger partial charge in [-0.15, -0.1) is 0 Å². The van der Waals surface area contributed by atoms with Crippen molar-refractivity contribution in [1.29, 1.82) is 0 Å². The number of rotatable bonds is 2. The van der Waals surface area contributed by atoms with Crippen LogP contribution < -0.4 is 5.32 Å². The number of carbonyl (C=O) groups excluding carboxylic acids is 5. The van der Waals surface area contributed by atoms with E-state index in [1.165, 1.54) is 45.9 Å². The molecule has 0 saturated heterocycles. The number of phenols is 2. The lowest BCUT2D eigenvalue weighted by Gasteiger charge is -2.36. The van der Waals surface area contributed by atoms with Crippen molar-refractivity contribution in [2.45, 2.75) is 66.0 Å². The number of Topliss-reactive ketones (excluding diaryl/α,β-unsaturated/α-hetero) is 2. The SMILES string of the molecule is CC1=C[C@@H](C=O)[C@H](O)[C@H](C)[C@@H](O)[C@@H](C)[C@@H](O)[C@H](C)[C@@H](O)[C@@H](C)C=CC=C(CO)C(=O)NC2=CC(=O)c3c(c(O)c(C)c(O)c3C2=O)C1=O. The third kappa shape index (κ3) is 7.25. The van der Waals surface area contributed by atoms with Gasteiger partial charge in [0.15, 0.2) is 11.6 Å². The highest BCUT2D eigenvalue weighted by Crippen LogP contribution is 2.41. The van der Waals surface area contributed by atoms with Crippen molar-refractivity contribution in [1.82, 2.24) is 5.32 Å². The minimum atomic E-state index is -1.58. The minimum absolute atomic E-state index is 0.235. The van der Waals surface area contributed by atoms with Gasteiger partial charge in [0.1, 0.15) is 17.8 Å². The molecular weight excluding hydrogens is 626 g/mol. The van der Waals surface area contributed by atoms with Crippen LogP contribution in [0.1, 0.15) is 71.3 Å². The number of hydrogen-bond acceptors (Lipinski definition) is 12. The van der Waals surface area contributed by atoms with E-state index in [0.29, 0.717) is 12.4 Å². The summed E-state index contributed by atoms with van der Waals surface area (Å²) in [6.45, 7) is 7.78. The summed E-state index contributed by atoms with van der Waals surface area (Å²) >= 11 is 0. The molecule has 1 aliphatic carbocycles. The predicted octanol–water partition coefficient (Wildman–Crippen LogP) is 1.21. The summed E-state index contributed by atoms with van der Waals surface area (Å²) in [6.07, 6.45) is 0.806. The lowest BCUT2D eigenvalue weighted by molar-refractivity contribution is -0.118. The topological polar surface area (TPSA) is 239 Å². The molecule has 2 heterocycles. The fourth-order valence-corrected chi connectivity index (χ4v) is 6.07. The largest absolute Gasteiger partial charge is 0.507 e. The maximum Gasteiger partial charge on any atom is 0.254 e. The second-order valence-electron chi connectivity index (χ2n) is 12.7. The number of benzene rings is 1. The van der Waals surface area contributed by atoms with Crippen LogP contribution in [-0.4, -0.2) is 96.3 Å². The van der Waals surface area contributed by atoms with Crippen molar-refractivity contribution in [3.63, 3.8) is 0 Å². The Morgan fingerprint density at radius 2 is 1.29 bits per heavy atom. The summed E-state index contributed by atoms with van der Waals surface area (Å²) in [6, 6.07) is 0. The second kappa shape index (κ2) is 15.3. The number of amides is 1. The monoisotopic (exact) mass is 669 g/mol. The first-order chi connectivity index (χ1) is 22.4. The molecule has 48 heavy (non-hydrogen) atoms. The molecule has 9 atom stereocenters. The Labute approximate surface area is 277 Å². The Bertz CT molecular complexity index is 1620. The van der Waals surface area contributed by atoms with Gasteiger partial charge in [0.25, 0.3) is 5.91 Å². The molecule has 0 spiro atoms. The number of aliphatic hydroxyl groups excluding tert-OH is 5. The standard InChI is InChI=1S/C35H43NO12/c1-14-8-7-9-20(12-37)35(48)36-22-11-23(39)24-25(32(45)19(6)33(46)26(24)34(22)47)28(41)15(2)10-21(13-38)31(44)18(5)30(43)17(4)29(42)16(3)27(14)40/h7-11,13-14,16-18,21,27,29-31,37,40,42-46H,12H2,1-6H3,(H,36,48)/t14-,16+,17-,18+,21-,27-,29-,30-,31+/m0/s1. The van der Waals surface area contributed by atoms with E-state index >= 15 is 0 Å². The number of hydrogen-bond donors (Lipinski definition) is 8. The molecule has 13 heteroatoms. The number of aldehydes is 1. The fourth-order valence-electron chi connectivity index (χ4n) is 6.07. The summed E-state index contributed by atoms with van der Waals surface area (Å²) in [5, 5.41) is 78.1. The highest BCUT2D eigenvalue weighted by Gasteiger charge is 2.40. The van der Waals surface area contributed by atoms with E-state index in [9.17, 15) is 59.7 Å². The van der Waals surface area contributed by atoms with Crippen molar-refractivity contribution in [3.8, 4) is 11.5 Å². The van der Waals surface area contributed by atoms with Crippen LogP contribution in [0.25, 0.3) is 0 Å². The van der Waals surface area contributed by atoms with E-state index < -0.39 is 118 Å². The fraction of sp³-hybridized carbons (Fsp3) is 0.457. The number of phenolic OH excluding ortho intramolecular Hbond substituents is 2. The Balaban J connectivity index is 2.25. The number of fused-ring (bicyclic) bond motifs is 15. The summed E-state index contributed by atoms with van der Waals surface area (Å²) in [5.74, 6) is -10.5. The number of ketones is 3. The van der Waals surface area contributed by atoms with E-state index in [1.54, 1.807) is 13.8 Å². The third-order valence-corrected chi connectivity index (χ3v) is 9.45. The van der Waals surface area contributed by atoms with Gasteiger partial charge in [-0.25, -0.2) is 0 Å². The molecule has 1 amide bonds. The molecule has 0 aromatic heterocycles. The smallest absolute Gasteiger partial charge is 0.254 e. The molecule has 13 nitrogen and oxygen atoms in total. The van der Waals surface area contributed by atoms with Gasteiger partial charge in [-0.3, -0.25) is 19.2 Å². The maximum absolute atomic E-state index is 13.7. The van der Waals surface area contributed by atoms with Crippen LogP contribution in [0.5, 0.6) is 11.5 Å². The molecule has 0 unspecified atom stereocenters. The average Bonchev–Trinajstić information content (AvgIpc) is 3.06. The van der Waals surface area contributed by atoms with Crippen molar-refractivity contribution in [2.75, 3.05) is 6.61 Å². The molecule has 8 N–H and O–H groups in total. The molecule has 4 rings (SSSR count). The van der Waals surface area contributed by atoms with Gasteiger partial charge in [-0.1, -0.05) is 52.0 Å². The van der Waals surface area contributed by atoms with Gasteiger partial charge in [0.05, 0.1) is 59.3 Å². The molecule has 0 fully saturated rings. The van der Waals surface area contributed by atoms with Gasteiger partial charge in [0, 0.05) is 40.9 Å². The zero-order chi connectivity index (χ0) is 36.4. The quantitative estimate of drug-likeness (QED) is 0.207. The zero-order valence-electron chi connectivity index (χ0n) is 27.5. The Kier molecular flexibility index (Phi) is 12.2. The molecule has 260 valence electrons. The Morgan fingerprint density at radius 3 is 1.83 bits per heavy atom. The highest BCUT2D eigenvalue weighted by molar-refractivity contribution is 6.31. The number of carbonyl (C=O) groups is 5. The first kappa shape index (κ1) is 38.2. The normalized spacial score (nSPS) is 31.1. The van der Waals surface area contributed by atoms with Crippen molar-refractivity contribution >= 4 is 29.5 Å². The van der Waals surface area contributed by atoms with Crippen LogP contribution >= 0.6 is 0 Å². The van der Waals surface area contributed by atoms with E-state index in [-0.39, 0.29) is 16.7 Å². The van der Waals surface area contributed by atoms with Gasteiger partial charge < -0.3 is 45.9 Å². The van der Waals surface area contributed by atoms with E-state index in [2.05, 4.69) is 5.32 Å². The van der Waals surface area contributed by atoms with Crippen LogP contribution in [0.3, 0.4) is 0 Å². The Morgan fingerprint density at radius 1 is 0.771 bits per heavy atom. The van der Waals surface area contributed by atoms with Gasteiger partial charge in [0.2, 0.25) is 5.78 Å². The van der Waals surface area contributed by atoms with Gasteiger partial charge in [-0.05, 0) is 19.4 Å². The minimum Gasteiger partial charge on any atom is -0.507 e. The number of allylic oxidation sites excluding steroid dienone is 5. The Hall–Kier alpha value is -4.27. The van der Waals surface area contributed by atoms with E-state index in [0.717, 1.165) is 6.08 Å². The van der Waals surface area contributed by atoms with Crippen molar-refractivity contribution in [2.24, 2.45) is 29.6 Å². The number of aromatic hydroxyl groups is 2. The van der Waals surface area contributed by atoms with E-state index in [4.69, 9.17) is 0 Å². The lowest BCUT2D eigenvalue weighted by Crippen LogP contribution is -2.46. The maximum atomic E-state index is 13.7. The van der Waals surface area contributed by atoms with Crippen LogP contribution in [0.4, 0.5) is 0 Å². The van der Waals surface area contributed by atoms with Crippen LogP contribution in [0.2, 0.25) is 0 Å². The summed E-state index contributed by atoms with van der Waals surface area (Å²) in [5.41, 5.74) is -3.35. The van der Waals surface area contributed by atoms with Crippen LogP contribution in [-0.2, 0) is 9.59 Å². The molecule has 0 saturated carbocycles. The zero-order valence-corrected chi connectivity index (χ0v) is 27.5. The first-order valence-corrected chi connectivity index (χ1v) is 15.5.